The third-order valence-corrected chi connectivity index (χ3v) is 4.14. The Labute approximate surface area is 197 Å². The zero-order valence-electron chi connectivity index (χ0n) is 18.3. The molecule has 0 saturated carbocycles. The maximum absolute atomic E-state index is 12.5. The Morgan fingerprint density at radius 1 is 0.857 bits per heavy atom. The van der Waals surface area contributed by atoms with Crippen LogP contribution in [0.4, 0.5) is 0 Å². The molecule has 0 aliphatic heterocycles. The van der Waals surface area contributed by atoms with Gasteiger partial charge in [0.2, 0.25) is 29.5 Å². The number of carbonyl (C=O) groups is 7. The Morgan fingerprint density at radius 3 is 1.91 bits per heavy atom. The Morgan fingerprint density at radius 2 is 1.43 bits per heavy atom. The van der Waals surface area contributed by atoms with Crippen LogP contribution in [0.1, 0.15) is 12.1 Å². The average Bonchev–Trinajstić information content (AvgIpc) is 3.31. The summed E-state index contributed by atoms with van der Waals surface area (Å²) in [5.74, 6) is -6.91. The highest BCUT2D eigenvalue weighted by molar-refractivity contribution is 5.94. The smallest absolute Gasteiger partial charge is 0.326 e. The predicted molar refractivity (Wildman–Crippen MR) is 114 cm³/mol. The first-order chi connectivity index (χ1) is 16.5. The minimum atomic E-state index is -1.64. The number of aromatic amines is 1. The van der Waals surface area contributed by atoms with Gasteiger partial charge in [0.25, 0.3) is 0 Å². The van der Waals surface area contributed by atoms with Gasteiger partial charge in [0.15, 0.2) is 0 Å². The Hall–Kier alpha value is -4.54. The normalized spacial score (nSPS) is 11.9. The lowest BCUT2D eigenvalue weighted by atomic mass is 10.1. The molecule has 1 heterocycles. The minimum Gasteiger partial charge on any atom is -0.481 e. The molecular weight excluding hydrogens is 472 g/mol. The number of rotatable bonds is 15. The molecule has 17 nitrogen and oxygen atoms in total. The second-order valence-electron chi connectivity index (χ2n) is 6.92. The summed E-state index contributed by atoms with van der Waals surface area (Å²) in [6, 6.07) is -3.08. The van der Waals surface area contributed by atoms with Crippen LogP contribution >= 0.6 is 0 Å². The van der Waals surface area contributed by atoms with Gasteiger partial charge in [0, 0.05) is 12.6 Å². The van der Waals surface area contributed by atoms with E-state index in [2.05, 4.69) is 36.6 Å². The van der Waals surface area contributed by atoms with Crippen LogP contribution in [0.3, 0.4) is 0 Å². The van der Waals surface area contributed by atoms with E-state index in [0.717, 1.165) is 0 Å². The van der Waals surface area contributed by atoms with Gasteiger partial charge in [0.1, 0.15) is 12.1 Å². The van der Waals surface area contributed by atoms with E-state index in [1.165, 1.54) is 12.5 Å². The molecule has 10 N–H and O–H groups in total. The highest BCUT2D eigenvalue weighted by Crippen LogP contribution is 2.01. The highest BCUT2D eigenvalue weighted by Gasteiger charge is 2.29. The van der Waals surface area contributed by atoms with Crippen molar-refractivity contribution in [3.8, 4) is 0 Å². The summed E-state index contributed by atoms with van der Waals surface area (Å²) in [4.78, 5) is 87.8. The molecule has 192 valence electrons. The maximum Gasteiger partial charge on any atom is 0.326 e. The number of amides is 5. The van der Waals surface area contributed by atoms with Crippen LogP contribution < -0.4 is 32.3 Å². The van der Waals surface area contributed by atoms with Gasteiger partial charge in [-0.05, 0) is 0 Å². The average molecular weight is 498 g/mol. The lowest BCUT2D eigenvalue weighted by Gasteiger charge is -2.20. The summed E-state index contributed by atoms with van der Waals surface area (Å²) >= 11 is 0. The van der Waals surface area contributed by atoms with E-state index in [9.17, 15) is 38.7 Å². The fourth-order valence-corrected chi connectivity index (χ4v) is 2.45. The van der Waals surface area contributed by atoms with Crippen LogP contribution in [0.2, 0.25) is 0 Å². The largest absolute Gasteiger partial charge is 0.481 e. The van der Waals surface area contributed by atoms with E-state index in [4.69, 9.17) is 10.8 Å². The summed E-state index contributed by atoms with van der Waals surface area (Å²) in [6.07, 6.45) is 1.67. The molecule has 0 spiro atoms. The number of hydrogen-bond donors (Lipinski definition) is 9. The lowest BCUT2D eigenvalue weighted by molar-refractivity contribution is -0.143. The number of nitrogens with one attached hydrogen (secondary N) is 6. The summed E-state index contributed by atoms with van der Waals surface area (Å²) in [6.45, 7) is -1.92. The van der Waals surface area contributed by atoms with Gasteiger partial charge in [0.05, 0.1) is 44.6 Å². The van der Waals surface area contributed by atoms with Gasteiger partial charge in [-0.25, -0.2) is 9.78 Å². The van der Waals surface area contributed by atoms with Crippen molar-refractivity contribution in [1.82, 2.24) is 36.6 Å². The van der Waals surface area contributed by atoms with Crippen molar-refractivity contribution >= 4 is 41.5 Å². The van der Waals surface area contributed by atoms with E-state index >= 15 is 0 Å². The molecule has 1 rings (SSSR count). The SMILES string of the molecule is NCC(=O)NCC(=O)NCC(=O)NCC(=O)N[C@@H](CC(=O)O)C(=O)N[C@@H](Cc1c[nH]cn1)C(=O)O. The zero-order valence-corrected chi connectivity index (χ0v) is 18.3. The van der Waals surface area contributed by atoms with Gasteiger partial charge in [-0.2, -0.15) is 0 Å². The molecule has 0 aromatic carbocycles. The predicted octanol–water partition coefficient (Wildman–Crippen LogP) is -5.21. The van der Waals surface area contributed by atoms with E-state index in [1.807, 2.05) is 0 Å². The van der Waals surface area contributed by atoms with Gasteiger partial charge in [-0.1, -0.05) is 0 Å². The summed E-state index contributed by atoms with van der Waals surface area (Å²) < 4.78 is 0. The van der Waals surface area contributed by atoms with Gasteiger partial charge < -0.3 is 47.5 Å². The van der Waals surface area contributed by atoms with E-state index in [1.54, 1.807) is 0 Å². The fraction of sp³-hybridized carbons (Fsp3) is 0.444. The molecule has 0 radical (unpaired) electrons. The molecule has 5 amide bonds. The van der Waals surface area contributed by atoms with Crippen molar-refractivity contribution in [3.63, 3.8) is 0 Å². The number of H-pyrrole nitrogens is 1. The second-order valence-corrected chi connectivity index (χ2v) is 6.92. The summed E-state index contributed by atoms with van der Waals surface area (Å²) in [7, 11) is 0. The van der Waals surface area contributed by atoms with Crippen molar-refractivity contribution in [3.05, 3.63) is 18.2 Å². The summed E-state index contributed by atoms with van der Waals surface area (Å²) in [5.41, 5.74) is 5.39. The number of carboxylic acid groups (broad SMARTS) is 2. The van der Waals surface area contributed by atoms with Crippen LogP contribution in [-0.4, -0.2) is 99.9 Å². The first kappa shape index (κ1) is 28.5. The maximum atomic E-state index is 12.5. The topological polar surface area (TPSA) is 275 Å². The van der Waals surface area contributed by atoms with Gasteiger partial charge in [-0.3, -0.25) is 28.8 Å². The van der Waals surface area contributed by atoms with Crippen LogP contribution in [0.5, 0.6) is 0 Å². The van der Waals surface area contributed by atoms with Crippen molar-refractivity contribution in [2.45, 2.75) is 24.9 Å². The molecule has 35 heavy (non-hydrogen) atoms. The molecule has 2 atom stereocenters. The molecule has 0 aliphatic rings. The fourth-order valence-electron chi connectivity index (χ4n) is 2.45. The van der Waals surface area contributed by atoms with Crippen LogP contribution in [0, 0.1) is 0 Å². The number of carboxylic acids is 2. The number of carbonyl (C=O) groups excluding carboxylic acids is 5. The van der Waals surface area contributed by atoms with E-state index in [0.29, 0.717) is 5.69 Å². The zero-order chi connectivity index (χ0) is 26.4. The highest BCUT2D eigenvalue weighted by atomic mass is 16.4. The molecule has 17 heteroatoms. The van der Waals surface area contributed by atoms with Crippen molar-refractivity contribution in [1.29, 1.82) is 0 Å². The summed E-state index contributed by atoms with van der Waals surface area (Å²) in [5, 5.41) is 29.1. The van der Waals surface area contributed by atoms with Crippen molar-refractivity contribution in [2.24, 2.45) is 5.73 Å². The molecule has 0 bridgehead atoms. The first-order valence-electron chi connectivity index (χ1n) is 10.0. The third-order valence-electron chi connectivity index (χ3n) is 4.14. The van der Waals surface area contributed by atoms with Crippen LogP contribution in [0.25, 0.3) is 0 Å². The third kappa shape index (κ3) is 11.8. The van der Waals surface area contributed by atoms with Crippen LogP contribution in [-0.2, 0) is 40.0 Å². The number of nitrogens with zero attached hydrogens (tertiary/aromatic N) is 1. The lowest BCUT2D eigenvalue weighted by Crippen LogP contribution is -2.54. The number of hydrogen-bond acceptors (Lipinski definition) is 9. The van der Waals surface area contributed by atoms with Crippen molar-refractivity contribution in [2.75, 3.05) is 26.2 Å². The van der Waals surface area contributed by atoms with Gasteiger partial charge in [-0.15, -0.1) is 0 Å². The number of aromatic nitrogens is 2. The molecule has 1 aromatic heterocycles. The van der Waals surface area contributed by atoms with Crippen molar-refractivity contribution < 1.29 is 43.8 Å². The molecule has 0 aliphatic carbocycles. The van der Waals surface area contributed by atoms with E-state index in [-0.39, 0.29) is 13.0 Å². The standard InChI is InChI=1S/C18H26N8O9/c19-3-12(27)21-5-13(28)22-6-14(29)23-7-15(30)25-10(2-16(31)32)17(33)26-11(18(34)35)1-9-4-20-8-24-9/h4,8,10-11H,1-3,5-7,19H2,(H,20,24)(H,21,27)(H,22,28)(H,23,29)(H,25,30)(H,26,33)(H,31,32)(H,34,35)/t10-,11-/m0/s1. The molecular formula is C18H26N8O9. The Bertz CT molecular complexity index is 934. The second kappa shape index (κ2) is 14.6. The molecule has 1 aromatic rings. The van der Waals surface area contributed by atoms with Gasteiger partial charge >= 0.3 is 11.9 Å². The van der Waals surface area contributed by atoms with Crippen LogP contribution in [0.15, 0.2) is 12.5 Å². The Kier molecular flexibility index (Phi) is 11.9. The number of imidazole rings is 1. The molecule has 0 unspecified atom stereocenters. The Balaban J connectivity index is 2.56. The molecule has 0 saturated heterocycles. The monoisotopic (exact) mass is 498 g/mol. The minimum absolute atomic E-state index is 0.198. The molecule has 0 fully saturated rings. The first-order valence-corrected chi connectivity index (χ1v) is 10.0. The van der Waals surface area contributed by atoms with E-state index < -0.39 is 79.6 Å². The number of nitrogens with two attached hydrogens (primary N) is 1. The quantitative estimate of drug-likeness (QED) is 0.110. The number of aliphatic carboxylic acids is 2.